The Hall–Kier alpha value is -1.88. The summed E-state index contributed by atoms with van der Waals surface area (Å²) < 4.78 is 10.3. The summed E-state index contributed by atoms with van der Waals surface area (Å²) in [6.45, 7) is 3.51. The minimum absolute atomic E-state index is 0.0640. The number of Topliss-reactive ketones (excluding diaryl/α,β-unsaturated/α-hetero) is 1. The normalized spacial score (nSPS) is 11.8. The fraction of sp³-hybridized carbons (Fsp3) is 0.619. The van der Waals surface area contributed by atoms with Gasteiger partial charge in [-0.1, -0.05) is 45.1 Å². The van der Waals surface area contributed by atoms with Crippen LogP contribution in [0.3, 0.4) is 0 Å². The van der Waals surface area contributed by atoms with Gasteiger partial charge in [-0.3, -0.25) is 9.59 Å². The molecule has 0 aliphatic carbocycles. The number of methoxy groups -OCH3 is 1. The maximum atomic E-state index is 12.1. The van der Waals surface area contributed by atoms with E-state index >= 15 is 0 Å². The lowest BCUT2D eigenvalue weighted by Gasteiger charge is -2.11. The average Bonchev–Trinajstić information content (AvgIpc) is 2.60. The molecule has 1 atom stereocenters. The van der Waals surface area contributed by atoms with Gasteiger partial charge in [0.1, 0.15) is 5.78 Å². The summed E-state index contributed by atoms with van der Waals surface area (Å²) in [6, 6.07) is 5.26. The molecule has 5 nitrogen and oxygen atoms in total. The first-order chi connectivity index (χ1) is 12.5. The number of aliphatic hydroxyl groups is 1. The molecule has 0 aliphatic heterocycles. The van der Waals surface area contributed by atoms with Gasteiger partial charge >= 0.3 is 5.97 Å². The number of ether oxygens (including phenoxy) is 2. The quantitative estimate of drug-likeness (QED) is 0.322. The molecule has 1 unspecified atom stereocenters. The molecule has 1 aromatic carbocycles. The van der Waals surface area contributed by atoms with Crippen molar-refractivity contribution in [2.24, 2.45) is 0 Å². The smallest absolute Gasteiger partial charge is 0.308 e. The first-order valence-corrected chi connectivity index (χ1v) is 9.51. The van der Waals surface area contributed by atoms with Crippen LogP contribution in [0.1, 0.15) is 70.8 Å². The van der Waals surface area contributed by atoms with Crippen molar-refractivity contribution in [2.75, 3.05) is 7.11 Å². The fourth-order valence-electron chi connectivity index (χ4n) is 2.84. The third-order valence-electron chi connectivity index (χ3n) is 4.28. The lowest BCUT2D eigenvalue weighted by molar-refractivity contribution is -0.132. The second-order valence-electron chi connectivity index (χ2n) is 6.68. The summed E-state index contributed by atoms with van der Waals surface area (Å²) in [5.74, 6) is 0.495. The standard InChI is InChI=1S/C21H32O5/c1-4-5-6-7-8-9-18(23)15-19(24)12-10-17-11-13-20(26-16(2)22)21(14-17)25-3/h11,13-14,18,23H,4-10,12,15H2,1-3H3. The predicted molar refractivity (Wildman–Crippen MR) is 102 cm³/mol. The van der Waals surface area contributed by atoms with E-state index in [0.29, 0.717) is 30.8 Å². The summed E-state index contributed by atoms with van der Waals surface area (Å²) in [6.07, 6.45) is 7.05. The molecule has 0 bridgehead atoms. The number of benzene rings is 1. The van der Waals surface area contributed by atoms with Crippen molar-refractivity contribution >= 4 is 11.8 Å². The monoisotopic (exact) mass is 364 g/mol. The Bertz CT molecular complexity index is 568. The Labute approximate surface area is 156 Å². The van der Waals surface area contributed by atoms with Gasteiger partial charge in [-0.15, -0.1) is 0 Å². The highest BCUT2D eigenvalue weighted by Gasteiger charge is 2.12. The van der Waals surface area contributed by atoms with Crippen LogP contribution >= 0.6 is 0 Å². The van der Waals surface area contributed by atoms with Gasteiger partial charge in [0.2, 0.25) is 0 Å². The molecule has 1 aromatic rings. The van der Waals surface area contributed by atoms with Crippen LogP contribution in [0.5, 0.6) is 11.5 Å². The van der Waals surface area contributed by atoms with Gasteiger partial charge < -0.3 is 14.6 Å². The summed E-state index contributed by atoms with van der Waals surface area (Å²) in [5, 5.41) is 9.99. The number of carbonyl (C=O) groups excluding carboxylic acids is 2. The number of ketones is 1. The summed E-state index contributed by atoms with van der Waals surface area (Å²) in [4.78, 5) is 23.1. The zero-order chi connectivity index (χ0) is 19.4. The molecular formula is C21H32O5. The van der Waals surface area contributed by atoms with Crippen molar-refractivity contribution in [3.63, 3.8) is 0 Å². The van der Waals surface area contributed by atoms with Crippen LogP contribution in [0.15, 0.2) is 18.2 Å². The van der Waals surface area contributed by atoms with Crippen molar-refractivity contribution in [2.45, 2.75) is 77.7 Å². The molecule has 0 radical (unpaired) electrons. The van der Waals surface area contributed by atoms with Crippen LogP contribution in [0.2, 0.25) is 0 Å². The van der Waals surface area contributed by atoms with Crippen LogP contribution in [-0.2, 0) is 16.0 Å². The number of aliphatic hydroxyl groups excluding tert-OH is 1. The summed E-state index contributed by atoms with van der Waals surface area (Å²) in [7, 11) is 1.51. The molecule has 26 heavy (non-hydrogen) atoms. The van der Waals surface area contributed by atoms with E-state index in [9.17, 15) is 14.7 Å². The summed E-state index contributed by atoms with van der Waals surface area (Å²) >= 11 is 0. The van der Waals surface area contributed by atoms with Crippen molar-refractivity contribution in [3.8, 4) is 11.5 Å². The molecule has 1 N–H and O–H groups in total. The van der Waals surface area contributed by atoms with E-state index in [1.54, 1.807) is 12.1 Å². The molecule has 5 heteroatoms. The highest BCUT2D eigenvalue weighted by atomic mass is 16.6. The lowest BCUT2D eigenvalue weighted by Crippen LogP contribution is -2.14. The lowest BCUT2D eigenvalue weighted by atomic mass is 10.0. The van der Waals surface area contributed by atoms with E-state index in [0.717, 1.165) is 18.4 Å². The minimum atomic E-state index is -0.537. The minimum Gasteiger partial charge on any atom is -0.493 e. The highest BCUT2D eigenvalue weighted by Crippen LogP contribution is 2.28. The van der Waals surface area contributed by atoms with Gasteiger partial charge in [0.05, 0.1) is 13.2 Å². The number of aryl methyl sites for hydroxylation is 1. The van der Waals surface area contributed by atoms with Crippen LogP contribution in [0, 0.1) is 0 Å². The molecule has 146 valence electrons. The van der Waals surface area contributed by atoms with Crippen LogP contribution in [0.4, 0.5) is 0 Å². The van der Waals surface area contributed by atoms with Gasteiger partial charge in [0.25, 0.3) is 0 Å². The molecule has 0 saturated carbocycles. The van der Waals surface area contributed by atoms with E-state index in [2.05, 4.69) is 6.92 Å². The molecule has 0 amide bonds. The van der Waals surface area contributed by atoms with Gasteiger partial charge in [0, 0.05) is 19.8 Å². The average molecular weight is 364 g/mol. The summed E-state index contributed by atoms with van der Waals surface area (Å²) in [5.41, 5.74) is 0.931. The number of unbranched alkanes of at least 4 members (excludes halogenated alkanes) is 4. The van der Waals surface area contributed by atoms with Crippen molar-refractivity contribution in [1.82, 2.24) is 0 Å². The molecule has 0 saturated heterocycles. The van der Waals surface area contributed by atoms with Crippen LogP contribution in [-0.4, -0.2) is 30.1 Å². The first-order valence-electron chi connectivity index (χ1n) is 9.51. The third kappa shape index (κ3) is 8.99. The van der Waals surface area contributed by atoms with Gasteiger partial charge in [-0.2, -0.15) is 0 Å². The second-order valence-corrected chi connectivity index (χ2v) is 6.68. The number of esters is 1. The van der Waals surface area contributed by atoms with Gasteiger partial charge in [-0.05, 0) is 30.5 Å². The molecule has 0 aliphatic rings. The largest absolute Gasteiger partial charge is 0.493 e. The first kappa shape index (κ1) is 22.2. The zero-order valence-corrected chi connectivity index (χ0v) is 16.3. The topological polar surface area (TPSA) is 72.8 Å². The molecule has 0 heterocycles. The predicted octanol–water partition coefficient (Wildman–Crippen LogP) is 4.23. The molecule has 0 fully saturated rings. The zero-order valence-electron chi connectivity index (χ0n) is 16.3. The Morgan fingerprint density at radius 1 is 1.12 bits per heavy atom. The molecule has 0 aromatic heterocycles. The SMILES string of the molecule is CCCCCCCC(O)CC(=O)CCc1ccc(OC(C)=O)c(OC)c1. The number of hydrogen-bond donors (Lipinski definition) is 1. The van der Waals surface area contributed by atoms with E-state index in [-0.39, 0.29) is 12.2 Å². The van der Waals surface area contributed by atoms with E-state index in [1.807, 2.05) is 6.07 Å². The van der Waals surface area contributed by atoms with Crippen molar-refractivity contribution in [3.05, 3.63) is 23.8 Å². The van der Waals surface area contributed by atoms with Crippen molar-refractivity contribution < 1.29 is 24.2 Å². The van der Waals surface area contributed by atoms with Crippen LogP contribution in [0.25, 0.3) is 0 Å². The molecule has 0 spiro atoms. The molecular weight excluding hydrogens is 332 g/mol. The second kappa shape index (κ2) is 12.5. The molecule has 1 rings (SSSR count). The Balaban J connectivity index is 2.38. The van der Waals surface area contributed by atoms with Gasteiger partial charge in [-0.25, -0.2) is 0 Å². The van der Waals surface area contributed by atoms with E-state index < -0.39 is 12.1 Å². The maximum absolute atomic E-state index is 12.1. The Morgan fingerprint density at radius 2 is 1.85 bits per heavy atom. The Kier molecular flexibility index (Phi) is 10.6. The number of hydrogen-bond acceptors (Lipinski definition) is 5. The van der Waals surface area contributed by atoms with Crippen LogP contribution < -0.4 is 9.47 Å². The Morgan fingerprint density at radius 3 is 2.50 bits per heavy atom. The highest BCUT2D eigenvalue weighted by molar-refractivity contribution is 5.79. The van der Waals surface area contributed by atoms with Gasteiger partial charge in [0.15, 0.2) is 11.5 Å². The fourth-order valence-corrected chi connectivity index (χ4v) is 2.84. The number of rotatable bonds is 13. The third-order valence-corrected chi connectivity index (χ3v) is 4.28. The van der Waals surface area contributed by atoms with E-state index in [4.69, 9.17) is 9.47 Å². The van der Waals surface area contributed by atoms with Crippen molar-refractivity contribution in [1.29, 1.82) is 0 Å². The maximum Gasteiger partial charge on any atom is 0.308 e. The van der Waals surface area contributed by atoms with E-state index in [1.165, 1.54) is 33.3 Å². The number of carbonyl (C=O) groups is 2.